The lowest BCUT2D eigenvalue weighted by atomic mass is 10.00. The third-order valence-corrected chi connectivity index (χ3v) is 4.02. The highest BCUT2D eigenvalue weighted by molar-refractivity contribution is 8.13. The highest BCUT2D eigenvalue weighted by Gasteiger charge is 2.09. The van der Waals surface area contributed by atoms with Crippen LogP contribution in [0.25, 0.3) is 11.1 Å². The molecule has 3 nitrogen and oxygen atoms in total. The zero-order chi connectivity index (χ0) is 16.2. The molecule has 0 saturated carbocycles. The van der Waals surface area contributed by atoms with Gasteiger partial charge in [-0.25, -0.2) is 4.39 Å². The van der Waals surface area contributed by atoms with Crippen molar-refractivity contribution in [3.05, 3.63) is 72.2 Å². The third-order valence-electron chi connectivity index (χ3n) is 3.30. The van der Waals surface area contributed by atoms with Gasteiger partial charge in [0.15, 0.2) is 5.09 Å². The summed E-state index contributed by atoms with van der Waals surface area (Å²) in [6.45, 7) is 1.86. The number of hydrogen-bond acceptors (Lipinski definition) is 3. The Morgan fingerprint density at radius 3 is 2.74 bits per heavy atom. The summed E-state index contributed by atoms with van der Waals surface area (Å²) in [5.41, 5.74) is 3.37. The molecular formula is C18H14FNO2S. The molecule has 0 bridgehead atoms. The summed E-state index contributed by atoms with van der Waals surface area (Å²) in [5, 5.41) is 3.12. The van der Waals surface area contributed by atoms with Crippen molar-refractivity contribution in [3.63, 3.8) is 0 Å². The second kappa shape index (κ2) is 6.71. The van der Waals surface area contributed by atoms with Gasteiger partial charge in [0.05, 0.1) is 6.26 Å². The predicted octanol–water partition coefficient (Wildman–Crippen LogP) is 5.72. The summed E-state index contributed by atoms with van der Waals surface area (Å²) < 4.78 is 18.4. The van der Waals surface area contributed by atoms with E-state index in [4.69, 9.17) is 4.42 Å². The van der Waals surface area contributed by atoms with Crippen LogP contribution in [0.4, 0.5) is 14.9 Å². The van der Waals surface area contributed by atoms with Gasteiger partial charge in [-0.15, -0.1) is 0 Å². The first kappa shape index (κ1) is 15.4. The second-order valence-corrected chi connectivity index (χ2v) is 5.96. The van der Waals surface area contributed by atoms with Gasteiger partial charge < -0.3 is 9.73 Å². The topological polar surface area (TPSA) is 42.2 Å². The van der Waals surface area contributed by atoms with Crippen molar-refractivity contribution >= 4 is 22.7 Å². The first-order valence-electron chi connectivity index (χ1n) is 7.01. The van der Waals surface area contributed by atoms with E-state index in [9.17, 15) is 9.18 Å². The van der Waals surface area contributed by atoms with Gasteiger partial charge >= 0.3 is 0 Å². The maximum atomic E-state index is 13.2. The van der Waals surface area contributed by atoms with Crippen LogP contribution in [-0.4, -0.2) is 5.24 Å². The molecule has 0 unspecified atom stereocenters. The van der Waals surface area contributed by atoms with E-state index < -0.39 is 0 Å². The number of carbonyl (C=O) groups excluding carboxylic acids is 1. The van der Waals surface area contributed by atoms with Crippen LogP contribution in [0.5, 0.6) is 0 Å². The molecule has 116 valence electrons. The van der Waals surface area contributed by atoms with Gasteiger partial charge in [0, 0.05) is 17.4 Å². The Kier molecular flexibility index (Phi) is 4.48. The molecule has 0 saturated heterocycles. The van der Waals surface area contributed by atoms with Crippen molar-refractivity contribution in [2.45, 2.75) is 12.0 Å². The van der Waals surface area contributed by atoms with E-state index in [1.807, 2.05) is 31.2 Å². The molecule has 3 rings (SSSR count). The van der Waals surface area contributed by atoms with Crippen LogP contribution in [0.2, 0.25) is 0 Å². The number of benzene rings is 2. The van der Waals surface area contributed by atoms with Crippen molar-refractivity contribution in [2.75, 3.05) is 5.32 Å². The number of furan rings is 1. The van der Waals surface area contributed by atoms with Gasteiger partial charge in [0.2, 0.25) is 0 Å². The molecule has 0 aliphatic heterocycles. The number of aryl methyl sites for hydroxylation is 1. The van der Waals surface area contributed by atoms with Crippen LogP contribution in [0.15, 0.2) is 70.4 Å². The smallest absolute Gasteiger partial charge is 0.291 e. The maximum absolute atomic E-state index is 13.2. The summed E-state index contributed by atoms with van der Waals surface area (Å²) in [4.78, 5) is 12.0. The minimum absolute atomic E-state index is 0.229. The Bertz CT molecular complexity index is 831. The van der Waals surface area contributed by atoms with Gasteiger partial charge in [-0.2, -0.15) is 0 Å². The van der Waals surface area contributed by atoms with Crippen LogP contribution in [0.1, 0.15) is 5.56 Å². The quantitative estimate of drug-likeness (QED) is 0.626. The van der Waals surface area contributed by atoms with Gasteiger partial charge in [0.25, 0.3) is 5.24 Å². The largest absolute Gasteiger partial charge is 0.458 e. The molecule has 1 aromatic heterocycles. The van der Waals surface area contributed by atoms with Crippen LogP contribution >= 0.6 is 11.8 Å². The van der Waals surface area contributed by atoms with Crippen molar-refractivity contribution in [3.8, 4) is 11.1 Å². The molecule has 0 fully saturated rings. The van der Waals surface area contributed by atoms with E-state index in [1.165, 1.54) is 18.4 Å². The van der Waals surface area contributed by atoms with Crippen molar-refractivity contribution in [1.29, 1.82) is 0 Å². The number of anilines is 1. The first-order chi connectivity index (χ1) is 11.1. The SMILES string of the molecule is Cc1cc(F)ccc1-c1cccc(NC(=O)Sc2ccco2)c1. The number of amides is 1. The standard InChI is InChI=1S/C18H14FNO2S/c1-12-10-14(19)7-8-16(12)13-4-2-5-15(11-13)20-18(21)23-17-6-3-9-22-17/h2-11H,1H3,(H,20,21). The molecule has 1 N–H and O–H groups in total. The van der Waals surface area contributed by atoms with Crippen LogP contribution in [-0.2, 0) is 0 Å². The Morgan fingerprint density at radius 1 is 1.13 bits per heavy atom. The molecule has 3 aromatic rings. The zero-order valence-electron chi connectivity index (χ0n) is 12.4. The minimum atomic E-state index is -0.259. The Morgan fingerprint density at radius 2 is 2.00 bits per heavy atom. The van der Waals surface area contributed by atoms with Crippen molar-refractivity contribution in [2.24, 2.45) is 0 Å². The average Bonchev–Trinajstić information content (AvgIpc) is 3.00. The van der Waals surface area contributed by atoms with Gasteiger partial charge in [0.1, 0.15) is 5.82 Å². The molecule has 23 heavy (non-hydrogen) atoms. The summed E-state index contributed by atoms with van der Waals surface area (Å²) in [7, 11) is 0. The number of halogens is 1. The second-order valence-electron chi connectivity index (χ2n) is 4.99. The Labute approximate surface area is 137 Å². The number of rotatable bonds is 3. The molecule has 0 spiro atoms. The number of hydrogen-bond donors (Lipinski definition) is 1. The van der Waals surface area contributed by atoms with Crippen molar-refractivity contribution in [1.82, 2.24) is 0 Å². The monoisotopic (exact) mass is 327 g/mol. The third kappa shape index (κ3) is 3.81. The minimum Gasteiger partial charge on any atom is -0.458 e. The lowest BCUT2D eigenvalue weighted by molar-refractivity contribution is 0.269. The van der Waals surface area contributed by atoms with E-state index in [0.29, 0.717) is 10.8 Å². The van der Waals surface area contributed by atoms with Crippen LogP contribution < -0.4 is 5.32 Å². The molecule has 0 radical (unpaired) electrons. The van der Waals surface area contributed by atoms with Gasteiger partial charge in [-0.1, -0.05) is 18.2 Å². The lowest BCUT2D eigenvalue weighted by Crippen LogP contribution is -2.04. The van der Waals surface area contributed by atoms with Gasteiger partial charge in [-0.05, 0) is 60.0 Å². The molecule has 1 heterocycles. The van der Waals surface area contributed by atoms with E-state index in [-0.39, 0.29) is 11.1 Å². The van der Waals surface area contributed by atoms with Crippen LogP contribution in [0, 0.1) is 12.7 Å². The molecule has 5 heteroatoms. The molecule has 0 atom stereocenters. The molecule has 2 aromatic carbocycles. The fourth-order valence-corrected chi connectivity index (χ4v) is 2.87. The van der Waals surface area contributed by atoms with E-state index in [1.54, 1.807) is 18.2 Å². The van der Waals surface area contributed by atoms with Crippen LogP contribution in [0.3, 0.4) is 0 Å². The van der Waals surface area contributed by atoms with Gasteiger partial charge in [-0.3, -0.25) is 4.79 Å². The highest BCUT2D eigenvalue weighted by Crippen LogP contribution is 2.27. The fourth-order valence-electron chi connectivity index (χ4n) is 2.27. The Hall–Kier alpha value is -2.53. The molecule has 0 aliphatic rings. The number of nitrogens with one attached hydrogen (secondary N) is 1. The lowest BCUT2D eigenvalue weighted by Gasteiger charge is -2.09. The van der Waals surface area contributed by atoms with E-state index in [2.05, 4.69) is 5.32 Å². The molecule has 0 aliphatic carbocycles. The molecular weight excluding hydrogens is 313 g/mol. The summed E-state index contributed by atoms with van der Waals surface area (Å²) >= 11 is 0.986. The summed E-state index contributed by atoms with van der Waals surface area (Å²) in [6, 6.07) is 15.6. The number of carbonyl (C=O) groups is 1. The normalized spacial score (nSPS) is 10.5. The predicted molar refractivity (Wildman–Crippen MR) is 90.2 cm³/mol. The maximum Gasteiger partial charge on any atom is 0.291 e. The fraction of sp³-hybridized carbons (Fsp3) is 0.0556. The number of thioether (sulfide) groups is 1. The van der Waals surface area contributed by atoms with Crippen molar-refractivity contribution < 1.29 is 13.6 Å². The summed E-state index contributed by atoms with van der Waals surface area (Å²) in [5.74, 6) is -0.259. The van der Waals surface area contributed by atoms with E-state index >= 15 is 0 Å². The Balaban J connectivity index is 1.78. The average molecular weight is 327 g/mol. The summed E-state index contributed by atoms with van der Waals surface area (Å²) in [6.07, 6.45) is 1.52. The molecule has 1 amide bonds. The highest BCUT2D eigenvalue weighted by atomic mass is 32.2. The first-order valence-corrected chi connectivity index (χ1v) is 7.82. The zero-order valence-corrected chi connectivity index (χ0v) is 13.2. The van der Waals surface area contributed by atoms with E-state index in [0.717, 1.165) is 28.5 Å².